The van der Waals surface area contributed by atoms with Crippen LogP contribution in [0.1, 0.15) is 0 Å². The van der Waals surface area contributed by atoms with Crippen LogP contribution < -0.4 is 27.4 Å². The van der Waals surface area contributed by atoms with E-state index in [4.69, 9.17) is 11.5 Å². The van der Waals surface area contributed by atoms with Gasteiger partial charge in [-0.3, -0.25) is 0 Å². The van der Waals surface area contributed by atoms with Crippen LogP contribution in [0.25, 0.3) is 0 Å². The minimum absolute atomic E-state index is 0.747. The van der Waals surface area contributed by atoms with Crippen molar-refractivity contribution in [1.82, 2.24) is 0 Å². The zero-order chi connectivity index (χ0) is 25.0. The molecule has 5 aromatic carbocycles. The van der Waals surface area contributed by atoms with Crippen molar-refractivity contribution in [1.29, 1.82) is 0 Å². The molecule has 0 heterocycles. The summed E-state index contributed by atoms with van der Waals surface area (Å²) >= 11 is 3.31. The maximum Gasteiger partial charge on any atom is 0.171 e. The van der Waals surface area contributed by atoms with Crippen LogP contribution in [0.3, 0.4) is 0 Å². The van der Waals surface area contributed by atoms with Gasteiger partial charge in [0.15, 0.2) is 7.14 Å². The summed E-state index contributed by atoms with van der Waals surface area (Å²) in [6.07, 6.45) is 0. The number of hydrogen-bond donors (Lipinski definition) is 2. The van der Waals surface area contributed by atoms with Gasteiger partial charge in [0.1, 0.15) is 0 Å². The van der Waals surface area contributed by atoms with E-state index in [1.807, 2.05) is 127 Å². The van der Waals surface area contributed by atoms with Crippen molar-refractivity contribution < 1.29 is 4.57 Å². The van der Waals surface area contributed by atoms with Gasteiger partial charge in [-0.15, -0.1) is 0 Å². The molecule has 0 aromatic heterocycles. The van der Waals surface area contributed by atoms with E-state index in [-0.39, 0.29) is 0 Å². The van der Waals surface area contributed by atoms with Gasteiger partial charge in [-0.05, 0) is 97.1 Å². The molecule has 4 N–H and O–H groups in total. The molecule has 36 heavy (non-hydrogen) atoms. The van der Waals surface area contributed by atoms with Crippen LogP contribution in [0.4, 0.5) is 11.4 Å². The first-order valence-electron chi connectivity index (χ1n) is 11.4. The average molecular weight is 525 g/mol. The van der Waals surface area contributed by atoms with Crippen molar-refractivity contribution >= 4 is 58.0 Å². The first-order valence-corrected chi connectivity index (χ1v) is 14.8. The Balaban J connectivity index is 1.45. The SMILES string of the molecule is Nc1ccc(Sc2ccc(P(=O)(c3ccccc3)c3ccc(Sc4ccc(N)cc4)cc3)cc2)cc1. The highest BCUT2D eigenvalue weighted by molar-refractivity contribution is 7.99. The van der Waals surface area contributed by atoms with E-state index in [1.54, 1.807) is 23.5 Å². The lowest BCUT2D eigenvalue weighted by atomic mass is 10.3. The lowest BCUT2D eigenvalue weighted by Gasteiger charge is -2.20. The van der Waals surface area contributed by atoms with E-state index in [1.165, 1.54) is 0 Å². The summed E-state index contributed by atoms with van der Waals surface area (Å²) < 4.78 is 14.8. The molecule has 0 aliphatic heterocycles. The summed E-state index contributed by atoms with van der Waals surface area (Å²) in [6, 6.07) is 41.5. The largest absolute Gasteiger partial charge is 0.399 e. The Morgan fingerprint density at radius 2 is 0.722 bits per heavy atom. The molecule has 0 aliphatic carbocycles. The van der Waals surface area contributed by atoms with Crippen LogP contribution in [0.2, 0.25) is 0 Å². The molecular weight excluding hydrogens is 499 g/mol. The van der Waals surface area contributed by atoms with E-state index < -0.39 is 7.14 Å². The van der Waals surface area contributed by atoms with Gasteiger partial charge in [0, 0.05) is 46.9 Å². The van der Waals surface area contributed by atoms with Crippen LogP contribution >= 0.6 is 30.7 Å². The van der Waals surface area contributed by atoms with Gasteiger partial charge in [-0.2, -0.15) is 0 Å². The average Bonchev–Trinajstić information content (AvgIpc) is 2.92. The third-order valence-corrected chi connectivity index (χ3v) is 10.9. The van der Waals surface area contributed by atoms with Crippen molar-refractivity contribution in [3.8, 4) is 0 Å². The van der Waals surface area contributed by atoms with Gasteiger partial charge in [-0.25, -0.2) is 0 Å². The fourth-order valence-electron chi connectivity index (χ4n) is 3.88. The molecule has 3 nitrogen and oxygen atoms in total. The van der Waals surface area contributed by atoms with Gasteiger partial charge in [-0.1, -0.05) is 53.9 Å². The van der Waals surface area contributed by atoms with E-state index in [9.17, 15) is 4.57 Å². The van der Waals surface area contributed by atoms with Gasteiger partial charge >= 0.3 is 0 Å². The highest BCUT2D eigenvalue weighted by Gasteiger charge is 2.29. The molecule has 5 aromatic rings. The Morgan fingerprint density at radius 3 is 1.08 bits per heavy atom. The molecule has 6 heteroatoms. The predicted molar refractivity (Wildman–Crippen MR) is 156 cm³/mol. The van der Waals surface area contributed by atoms with Crippen LogP contribution in [0.5, 0.6) is 0 Å². The smallest absolute Gasteiger partial charge is 0.171 e. The van der Waals surface area contributed by atoms with Crippen molar-refractivity contribution in [2.75, 3.05) is 11.5 Å². The third kappa shape index (κ3) is 5.39. The van der Waals surface area contributed by atoms with E-state index in [0.29, 0.717) is 0 Å². The highest BCUT2D eigenvalue weighted by atomic mass is 32.2. The topological polar surface area (TPSA) is 69.1 Å². The molecule has 0 saturated heterocycles. The number of nitrogen functional groups attached to an aromatic ring is 2. The number of anilines is 2. The molecule has 0 atom stereocenters. The predicted octanol–water partition coefficient (Wildman–Crippen LogP) is 6.79. The summed E-state index contributed by atoms with van der Waals surface area (Å²) in [5.74, 6) is 0. The van der Waals surface area contributed by atoms with Crippen molar-refractivity contribution in [2.45, 2.75) is 19.6 Å². The number of nitrogens with two attached hydrogens (primary N) is 2. The summed E-state index contributed by atoms with van der Waals surface area (Å²) in [4.78, 5) is 4.38. The summed E-state index contributed by atoms with van der Waals surface area (Å²) in [5.41, 5.74) is 13.1. The van der Waals surface area contributed by atoms with Crippen molar-refractivity contribution in [2.24, 2.45) is 0 Å². The first kappa shape index (κ1) is 24.3. The highest BCUT2D eigenvalue weighted by Crippen LogP contribution is 2.43. The van der Waals surface area contributed by atoms with Gasteiger partial charge < -0.3 is 16.0 Å². The second-order valence-electron chi connectivity index (χ2n) is 8.27. The van der Waals surface area contributed by atoms with Crippen LogP contribution in [-0.2, 0) is 4.57 Å². The van der Waals surface area contributed by atoms with Gasteiger partial charge in [0.25, 0.3) is 0 Å². The Morgan fingerprint density at radius 1 is 0.417 bits per heavy atom. The van der Waals surface area contributed by atoms with Crippen molar-refractivity contribution in [3.63, 3.8) is 0 Å². The Bertz CT molecular complexity index is 1390. The fraction of sp³-hybridized carbons (Fsp3) is 0. The first-order chi connectivity index (χ1) is 17.5. The van der Waals surface area contributed by atoms with Crippen molar-refractivity contribution in [3.05, 3.63) is 127 Å². The number of hydrogen-bond acceptors (Lipinski definition) is 5. The molecule has 178 valence electrons. The normalized spacial score (nSPS) is 11.3. The van der Waals surface area contributed by atoms with Crippen LogP contribution in [0.15, 0.2) is 147 Å². The minimum atomic E-state index is -3.05. The maximum absolute atomic E-state index is 14.8. The van der Waals surface area contributed by atoms with E-state index in [2.05, 4.69) is 0 Å². The second-order valence-corrected chi connectivity index (χ2v) is 13.3. The van der Waals surface area contributed by atoms with E-state index >= 15 is 0 Å². The monoisotopic (exact) mass is 524 g/mol. The zero-order valence-electron chi connectivity index (χ0n) is 19.5. The molecule has 0 bridgehead atoms. The van der Waals surface area contributed by atoms with Crippen LogP contribution in [0, 0.1) is 0 Å². The summed E-state index contributed by atoms with van der Waals surface area (Å²) in [5, 5.41) is 2.45. The lowest BCUT2D eigenvalue weighted by Crippen LogP contribution is -2.24. The summed E-state index contributed by atoms with van der Waals surface area (Å²) in [6.45, 7) is 0. The Hall–Kier alpha value is -3.37. The lowest BCUT2D eigenvalue weighted by molar-refractivity contribution is 0.592. The molecule has 0 fully saturated rings. The quantitative estimate of drug-likeness (QED) is 0.181. The molecule has 5 rings (SSSR count). The standard InChI is InChI=1S/C30H25N2OPS2/c31-22-6-14-27(15-7-22)35-29-18-10-25(11-19-29)34(33,24-4-2-1-3-5-24)26-12-20-30(21-13-26)36-28-16-8-23(32)9-17-28/h1-21H,31-32H2. The molecule has 0 unspecified atom stereocenters. The molecule has 0 aliphatic rings. The fourth-order valence-corrected chi connectivity index (χ4v) is 8.13. The molecular formula is C30H25N2OPS2. The zero-order valence-corrected chi connectivity index (χ0v) is 22.0. The van der Waals surface area contributed by atoms with Gasteiger partial charge in [0.2, 0.25) is 0 Å². The second kappa shape index (κ2) is 10.7. The maximum atomic E-state index is 14.8. The minimum Gasteiger partial charge on any atom is -0.399 e. The van der Waals surface area contributed by atoms with Crippen LogP contribution in [-0.4, -0.2) is 0 Å². The Kier molecular flexibility index (Phi) is 7.24. The molecule has 0 radical (unpaired) electrons. The molecule has 0 saturated carbocycles. The summed E-state index contributed by atoms with van der Waals surface area (Å²) in [7, 11) is -3.05. The van der Waals surface area contributed by atoms with E-state index in [0.717, 1.165) is 46.9 Å². The Labute approximate surface area is 220 Å². The number of rotatable bonds is 7. The van der Waals surface area contributed by atoms with Gasteiger partial charge in [0.05, 0.1) is 0 Å². The molecule has 0 amide bonds. The third-order valence-electron chi connectivity index (χ3n) is 5.75. The number of benzene rings is 5. The molecule has 0 spiro atoms.